The van der Waals surface area contributed by atoms with E-state index in [-0.39, 0.29) is 5.91 Å². The first-order valence-electron chi connectivity index (χ1n) is 8.55. The van der Waals surface area contributed by atoms with E-state index in [2.05, 4.69) is 16.7 Å². The molecule has 2 unspecified atom stereocenters. The quantitative estimate of drug-likeness (QED) is 0.790. The maximum Gasteiger partial charge on any atom is 0.230 e. The van der Waals surface area contributed by atoms with Crippen molar-refractivity contribution in [3.05, 3.63) is 0 Å². The lowest BCUT2D eigenvalue weighted by Gasteiger charge is -2.38. The number of nitrogens with two attached hydrogens (primary N) is 1. The monoisotopic (exact) mass is 311 g/mol. The molecule has 0 aromatic carbocycles. The van der Waals surface area contributed by atoms with Gasteiger partial charge in [-0.25, -0.2) is 0 Å². The fraction of sp³-hybridized carbons (Fsp3) is 0.938. The van der Waals surface area contributed by atoms with Crippen LogP contribution in [-0.4, -0.2) is 80.9 Å². The van der Waals surface area contributed by atoms with Crippen LogP contribution in [0.15, 0.2) is 0 Å². The van der Waals surface area contributed by atoms with Gasteiger partial charge < -0.3 is 20.1 Å². The Morgan fingerprint density at radius 1 is 1.14 bits per heavy atom. The molecule has 3 aliphatic heterocycles. The van der Waals surface area contributed by atoms with Crippen molar-refractivity contribution in [2.24, 2.45) is 17.1 Å². The van der Waals surface area contributed by atoms with Crippen LogP contribution in [0.1, 0.15) is 19.8 Å². The van der Waals surface area contributed by atoms with Crippen molar-refractivity contribution in [1.29, 1.82) is 0 Å². The number of nitrogens with zero attached hydrogens (tertiary/aromatic N) is 2. The van der Waals surface area contributed by atoms with Gasteiger partial charge in [-0.05, 0) is 18.8 Å². The van der Waals surface area contributed by atoms with Crippen LogP contribution in [-0.2, 0) is 14.3 Å². The molecule has 0 radical (unpaired) electrons. The van der Waals surface area contributed by atoms with Crippen molar-refractivity contribution >= 4 is 5.91 Å². The summed E-state index contributed by atoms with van der Waals surface area (Å²) < 4.78 is 10.9. The normalized spacial score (nSPS) is 33.1. The summed E-state index contributed by atoms with van der Waals surface area (Å²) in [7, 11) is 0. The number of amides is 1. The fourth-order valence-electron chi connectivity index (χ4n) is 4.10. The van der Waals surface area contributed by atoms with E-state index in [1.54, 1.807) is 0 Å². The highest BCUT2D eigenvalue weighted by atomic mass is 16.5. The molecule has 3 rings (SSSR count). The van der Waals surface area contributed by atoms with Crippen molar-refractivity contribution in [3.63, 3.8) is 0 Å². The van der Waals surface area contributed by atoms with Crippen LogP contribution in [0.5, 0.6) is 0 Å². The van der Waals surface area contributed by atoms with Crippen LogP contribution in [0.25, 0.3) is 0 Å². The molecule has 6 nitrogen and oxygen atoms in total. The molecule has 0 saturated carbocycles. The zero-order valence-electron chi connectivity index (χ0n) is 13.6. The Balaban J connectivity index is 1.66. The lowest BCUT2D eigenvalue weighted by atomic mass is 9.79. The van der Waals surface area contributed by atoms with Crippen LogP contribution in [0.4, 0.5) is 0 Å². The highest BCUT2D eigenvalue weighted by molar-refractivity contribution is 5.83. The van der Waals surface area contributed by atoms with Gasteiger partial charge in [0, 0.05) is 52.0 Å². The molecule has 3 aliphatic rings. The van der Waals surface area contributed by atoms with Gasteiger partial charge in [0.1, 0.15) is 0 Å². The van der Waals surface area contributed by atoms with Crippen LogP contribution in [0.2, 0.25) is 0 Å². The van der Waals surface area contributed by atoms with Crippen molar-refractivity contribution in [1.82, 2.24) is 9.80 Å². The third-order valence-corrected chi connectivity index (χ3v) is 5.67. The molecule has 0 spiro atoms. The minimum absolute atomic E-state index is 0.251. The Hall–Kier alpha value is -0.690. The van der Waals surface area contributed by atoms with Gasteiger partial charge in [0.15, 0.2) is 0 Å². The number of carbonyl (C=O) groups excluding carboxylic acids is 1. The van der Waals surface area contributed by atoms with Crippen LogP contribution < -0.4 is 5.73 Å². The molecular formula is C16H29N3O3. The van der Waals surface area contributed by atoms with Gasteiger partial charge in [-0.1, -0.05) is 6.92 Å². The molecule has 1 amide bonds. The Morgan fingerprint density at radius 3 is 2.41 bits per heavy atom. The molecule has 2 N–H and O–H groups in total. The molecule has 3 saturated heterocycles. The molecule has 0 aromatic rings. The topological polar surface area (TPSA) is 68.0 Å². The van der Waals surface area contributed by atoms with Gasteiger partial charge in [-0.15, -0.1) is 0 Å². The maximum atomic E-state index is 13.1. The Bertz CT molecular complexity index is 392. The summed E-state index contributed by atoms with van der Waals surface area (Å²) in [5, 5.41) is 0. The number of rotatable bonds is 3. The van der Waals surface area contributed by atoms with E-state index in [0.717, 1.165) is 52.2 Å². The Kier molecular flexibility index (Phi) is 5.02. The molecule has 6 heteroatoms. The first-order chi connectivity index (χ1) is 10.7. The van der Waals surface area contributed by atoms with Crippen LogP contribution in [0.3, 0.4) is 0 Å². The lowest BCUT2D eigenvalue weighted by molar-refractivity contribution is -0.146. The summed E-state index contributed by atoms with van der Waals surface area (Å²) in [6.45, 7) is 9.25. The van der Waals surface area contributed by atoms with Crippen molar-refractivity contribution in [3.8, 4) is 0 Å². The molecule has 126 valence electrons. The van der Waals surface area contributed by atoms with E-state index < -0.39 is 5.41 Å². The van der Waals surface area contributed by atoms with Crippen LogP contribution in [0, 0.1) is 11.3 Å². The zero-order chi connectivity index (χ0) is 15.6. The van der Waals surface area contributed by atoms with Crippen LogP contribution >= 0.6 is 0 Å². The number of ether oxygens (including phenoxy) is 2. The molecule has 2 atom stereocenters. The van der Waals surface area contributed by atoms with Gasteiger partial charge in [0.05, 0.1) is 18.6 Å². The molecule has 0 bridgehead atoms. The molecule has 22 heavy (non-hydrogen) atoms. The highest BCUT2D eigenvalue weighted by Gasteiger charge is 2.45. The number of hydrogen-bond acceptors (Lipinski definition) is 5. The van der Waals surface area contributed by atoms with E-state index >= 15 is 0 Å². The lowest BCUT2D eigenvalue weighted by Crippen LogP contribution is -2.51. The predicted molar refractivity (Wildman–Crippen MR) is 83.5 cm³/mol. The smallest absolute Gasteiger partial charge is 0.230 e. The molecule has 0 aromatic heterocycles. The minimum Gasteiger partial charge on any atom is -0.381 e. The average molecular weight is 311 g/mol. The number of likely N-dealkylation sites (tertiary alicyclic amines) is 1. The van der Waals surface area contributed by atoms with Gasteiger partial charge in [0.25, 0.3) is 0 Å². The molecular weight excluding hydrogens is 282 g/mol. The third kappa shape index (κ3) is 3.02. The molecule has 3 fully saturated rings. The summed E-state index contributed by atoms with van der Waals surface area (Å²) in [4.78, 5) is 17.6. The second-order valence-corrected chi connectivity index (χ2v) is 7.00. The largest absolute Gasteiger partial charge is 0.381 e. The van der Waals surface area contributed by atoms with E-state index in [4.69, 9.17) is 15.2 Å². The standard InChI is InChI=1S/C16H29N3O3/c1-13-10-19(11-14(13)18-4-8-22-9-5-18)15(20)16(12-17)2-6-21-7-3-16/h13-14H,2-12,17H2,1H3. The number of carbonyl (C=O) groups is 1. The van der Waals surface area contributed by atoms with Crippen molar-refractivity contribution in [2.45, 2.75) is 25.8 Å². The fourth-order valence-corrected chi connectivity index (χ4v) is 4.10. The average Bonchev–Trinajstić information content (AvgIpc) is 2.97. The van der Waals surface area contributed by atoms with E-state index in [1.807, 2.05) is 0 Å². The van der Waals surface area contributed by atoms with Gasteiger partial charge in [-0.2, -0.15) is 0 Å². The van der Waals surface area contributed by atoms with Crippen molar-refractivity contribution < 1.29 is 14.3 Å². The second kappa shape index (κ2) is 6.83. The Labute approximate surface area is 132 Å². The summed E-state index contributed by atoms with van der Waals surface area (Å²) in [6.07, 6.45) is 1.52. The summed E-state index contributed by atoms with van der Waals surface area (Å²) in [6, 6.07) is 0.461. The molecule has 3 heterocycles. The SMILES string of the molecule is CC1CN(C(=O)C2(CN)CCOCC2)CC1N1CCOCC1. The minimum atomic E-state index is -0.391. The first kappa shape index (κ1) is 16.2. The van der Waals surface area contributed by atoms with E-state index in [1.165, 1.54) is 0 Å². The summed E-state index contributed by atoms with van der Waals surface area (Å²) >= 11 is 0. The van der Waals surface area contributed by atoms with E-state index in [0.29, 0.717) is 31.7 Å². The van der Waals surface area contributed by atoms with Gasteiger partial charge in [-0.3, -0.25) is 9.69 Å². The zero-order valence-corrected chi connectivity index (χ0v) is 13.6. The van der Waals surface area contributed by atoms with Gasteiger partial charge in [0.2, 0.25) is 5.91 Å². The van der Waals surface area contributed by atoms with Crippen molar-refractivity contribution in [2.75, 3.05) is 59.2 Å². The molecule has 0 aliphatic carbocycles. The second-order valence-electron chi connectivity index (χ2n) is 7.00. The summed E-state index contributed by atoms with van der Waals surface area (Å²) in [5.74, 6) is 0.762. The number of hydrogen-bond donors (Lipinski definition) is 1. The predicted octanol–water partition coefficient (Wildman–Crippen LogP) is -0.0790. The van der Waals surface area contributed by atoms with E-state index in [9.17, 15) is 4.79 Å². The maximum absolute atomic E-state index is 13.1. The Morgan fingerprint density at radius 2 is 1.77 bits per heavy atom. The highest BCUT2D eigenvalue weighted by Crippen LogP contribution is 2.34. The first-order valence-corrected chi connectivity index (χ1v) is 8.55. The van der Waals surface area contributed by atoms with Gasteiger partial charge >= 0.3 is 0 Å². The third-order valence-electron chi connectivity index (χ3n) is 5.67. The summed E-state index contributed by atoms with van der Waals surface area (Å²) in [5.41, 5.74) is 5.60. The number of morpholine rings is 1.